The number of aliphatic hydroxyl groups excluding tert-OH is 1. The molecule has 0 bridgehead atoms. The van der Waals surface area contributed by atoms with Crippen LogP contribution in [0.5, 0.6) is 0 Å². The zero-order valence-electron chi connectivity index (χ0n) is 8.20. The Hall–Kier alpha value is -0.870. The zero-order valence-corrected chi connectivity index (χ0v) is 8.20. The fourth-order valence-electron chi connectivity index (χ4n) is 1.91. The summed E-state index contributed by atoms with van der Waals surface area (Å²) >= 11 is 0. The summed E-state index contributed by atoms with van der Waals surface area (Å²) in [7, 11) is 0. The fraction of sp³-hybridized carbons (Fsp3) is 0.700. The molecule has 0 aliphatic carbocycles. The van der Waals surface area contributed by atoms with Gasteiger partial charge >= 0.3 is 0 Å². The van der Waals surface area contributed by atoms with E-state index in [0.717, 1.165) is 25.3 Å². The normalized spacial score (nSPS) is 22.5. The summed E-state index contributed by atoms with van der Waals surface area (Å²) in [5.74, 6) is 1.55. The minimum Gasteiger partial charge on any atom is -0.390 e. The predicted octanol–water partition coefficient (Wildman–Crippen LogP) is 0.709. The molecule has 2 rings (SSSR count). The Morgan fingerprint density at radius 2 is 2.57 bits per heavy atom. The van der Waals surface area contributed by atoms with Gasteiger partial charge in [0.1, 0.15) is 11.5 Å². The Balaban J connectivity index is 1.89. The van der Waals surface area contributed by atoms with Gasteiger partial charge in [0.05, 0.1) is 6.61 Å². The second-order valence-corrected chi connectivity index (χ2v) is 3.86. The van der Waals surface area contributed by atoms with Crippen molar-refractivity contribution in [1.29, 1.82) is 0 Å². The van der Waals surface area contributed by atoms with Crippen LogP contribution >= 0.6 is 0 Å². The molecular weight excluding hydrogens is 180 g/mol. The molecule has 2 heterocycles. The number of hydrogen-bond acceptors (Lipinski definition) is 4. The summed E-state index contributed by atoms with van der Waals surface area (Å²) in [6, 6.07) is 1.84. The van der Waals surface area contributed by atoms with Gasteiger partial charge in [0.15, 0.2) is 0 Å². The number of aliphatic hydroxyl groups is 1. The molecule has 14 heavy (non-hydrogen) atoms. The number of rotatable bonds is 3. The molecule has 4 nitrogen and oxygen atoms in total. The number of nitrogens with zero attached hydrogens (tertiary/aromatic N) is 1. The predicted molar refractivity (Wildman–Crippen MR) is 51.7 cm³/mol. The van der Waals surface area contributed by atoms with E-state index < -0.39 is 0 Å². The van der Waals surface area contributed by atoms with Gasteiger partial charge in [0.25, 0.3) is 0 Å². The molecule has 1 aliphatic heterocycles. The summed E-state index contributed by atoms with van der Waals surface area (Å²) in [4.78, 5) is 0. The van der Waals surface area contributed by atoms with Crippen molar-refractivity contribution in [2.75, 3.05) is 13.1 Å². The average molecular weight is 196 g/mol. The highest BCUT2D eigenvalue weighted by Gasteiger charge is 2.15. The fourth-order valence-corrected chi connectivity index (χ4v) is 1.91. The SMILES string of the molecule is OCc1cc(CC2CCCNC2)on1. The monoisotopic (exact) mass is 196 g/mol. The highest BCUT2D eigenvalue weighted by molar-refractivity contribution is 5.05. The van der Waals surface area contributed by atoms with Crippen molar-refractivity contribution in [3.63, 3.8) is 0 Å². The molecule has 0 aromatic carbocycles. The van der Waals surface area contributed by atoms with Crippen LogP contribution in [0.2, 0.25) is 0 Å². The molecule has 0 saturated carbocycles. The molecular formula is C10H16N2O2. The minimum atomic E-state index is -0.0353. The second kappa shape index (κ2) is 4.57. The average Bonchev–Trinajstić information content (AvgIpc) is 2.67. The summed E-state index contributed by atoms with van der Waals surface area (Å²) < 4.78 is 5.12. The van der Waals surface area contributed by atoms with Gasteiger partial charge in [-0.3, -0.25) is 0 Å². The number of aromatic nitrogens is 1. The third kappa shape index (κ3) is 2.33. The molecule has 4 heteroatoms. The van der Waals surface area contributed by atoms with E-state index in [4.69, 9.17) is 9.63 Å². The highest BCUT2D eigenvalue weighted by Crippen LogP contribution is 2.16. The molecule has 1 aromatic heterocycles. The Morgan fingerprint density at radius 3 is 3.21 bits per heavy atom. The Labute approximate surface area is 83.3 Å². The summed E-state index contributed by atoms with van der Waals surface area (Å²) in [6.07, 6.45) is 3.42. The molecule has 78 valence electrons. The van der Waals surface area contributed by atoms with Gasteiger partial charge in [-0.2, -0.15) is 0 Å². The van der Waals surface area contributed by atoms with Gasteiger partial charge < -0.3 is 14.9 Å². The van der Waals surface area contributed by atoms with Crippen molar-refractivity contribution in [2.45, 2.75) is 25.9 Å². The lowest BCUT2D eigenvalue weighted by molar-refractivity contribution is 0.263. The molecule has 1 aliphatic rings. The van der Waals surface area contributed by atoms with E-state index in [2.05, 4.69) is 10.5 Å². The highest BCUT2D eigenvalue weighted by atomic mass is 16.5. The summed E-state index contributed by atoms with van der Waals surface area (Å²) in [6.45, 7) is 2.16. The van der Waals surface area contributed by atoms with Gasteiger partial charge in [-0.15, -0.1) is 0 Å². The maximum Gasteiger partial charge on any atom is 0.137 e. The lowest BCUT2D eigenvalue weighted by Gasteiger charge is -2.21. The third-order valence-electron chi connectivity index (χ3n) is 2.66. The Kier molecular flexibility index (Phi) is 3.16. The quantitative estimate of drug-likeness (QED) is 0.747. The van der Waals surface area contributed by atoms with Crippen LogP contribution in [0, 0.1) is 5.92 Å². The van der Waals surface area contributed by atoms with Gasteiger partial charge in [-0.25, -0.2) is 0 Å². The van der Waals surface area contributed by atoms with Crippen LogP contribution in [0.15, 0.2) is 10.6 Å². The van der Waals surface area contributed by atoms with Gasteiger partial charge in [-0.05, 0) is 31.8 Å². The first-order valence-electron chi connectivity index (χ1n) is 5.14. The lowest BCUT2D eigenvalue weighted by Crippen LogP contribution is -2.30. The first kappa shape index (κ1) is 9.68. The minimum absolute atomic E-state index is 0.0353. The maximum atomic E-state index is 8.82. The number of hydrogen-bond donors (Lipinski definition) is 2. The summed E-state index contributed by atoms with van der Waals surface area (Å²) in [5.41, 5.74) is 0.628. The third-order valence-corrected chi connectivity index (χ3v) is 2.66. The standard InChI is InChI=1S/C10H16N2O2/c13-7-9-5-10(14-12-9)4-8-2-1-3-11-6-8/h5,8,11,13H,1-4,6-7H2. The molecule has 0 amide bonds. The van der Waals surface area contributed by atoms with Crippen LogP contribution in [-0.4, -0.2) is 23.4 Å². The van der Waals surface area contributed by atoms with Crippen LogP contribution in [0.4, 0.5) is 0 Å². The van der Waals surface area contributed by atoms with Crippen LogP contribution in [0.3, 0.4) is 0 Å². The Bertz CT molecular complexity index is 279. The van der Waals surface area contributed by atoms with Gasteiger partial charge in [0, 0.05) is 12.5 Å². The van der Waals surface area contributed by atoms with Crippen LogP contribution in [0.25, 0.3) is 0 Å². The van der Waals surface area contributed by atoms with E-state index >= 15 is 0 Å². The zero-order chi connectivity index (χ0) is 9.80. The number of nitrogens with one attached hydrogen (secondary N) is 1. The van der Waals surface area contributed by atoms with E-state index in [0.29, 0.717) is 11.6 Å². The lowest BCUT2D eigenvalue weighted by atomic mass is 9.95. The molecule has 1 atom stereocenters. The molecule has 0 radical (unpaired) electrons. The van der Waals surface area contributed by atoms with Crippen molar-refractivity contribution in [1.82, 2.24) is 10.5 Å². The van der Waals surface area contributed by atoms with E-state index in [1.54, 1.807) is 0 Å². The van der Waals surface area contributed by atoms with Crippen molar-refractivity contribution in [3.05, 3.63) is 17.5 Å². The van der Waals surface area contributed by atoms with Crippen LogP contribution in [-0.2, 0) is 13.0 Å². The van der Waals surface area contributed by atoms with Crippen LogP contribution < -0.4 is 5.32 Å². The van der Waals surface area contributed by atoms with E-state index in [-0.39, 0.29) is 6.61 Å². The van der Waals surface area contributed by atoms with Crippen molar-refractivity contribution < 1.29 is 9.63 Å². The maximum absolute atomic E-state index is 8.82. The topological polar surface area (TPSA) is 58.3 Å². The molecule has 2 N–H and O–H groups in total. The van der Waals surface area contributed by atoms with Gasteiger partial charge in [-0.1, -0.05) is 5.16 Å². The van der Waals surface area contributed by atoms with Crippen molar-refractivity contribution >= 4 is 0 Å². The number of piperidine rings is 1. The molecule has 1 aromatic rings. The van der Waals surface area contributed by atoms with E-state index in [9.17, 15) is 0 Å². The summed E-state index contributed by atoms with van der Waals surface area (Å²) in [5, 5.41) is 15.9. The van der Waals surface area contributed by atoms with Crippen LogP contribution in [0.1, 0.15) is 24.3 Å². The second-order valence-electron chi connectivity index (χ2n) is 3.86. The smallest absolute Gasteiger partial charge is 0.137 e. The first-order valence-corrected chi connectivity index (χ1v) is 5.14. The van der Waals surface area contributed by atoms with E-state index in [1.807, 2.05) is 6.07 Å². The van der Waals surface area contributed by atoms with Gasteiger partial charge in [0.2, 0.25) is 0 Å². The molecule has 1 unspecified atom stereocenters. The van der Waals surface area contributed by atoms with Crippen molar-refractivity contribution in [3.8, 4) is 0 Å². The van der Waals surface area contributed by atoms with E-state index in [1.165, 1.54) is 12.8 Å². The molecule has 1 fully saturated rings. The molecule has 1 saturated heterocycles. The first-order chi connectivity index (χ1) is 6.88. The Morgan fingerprint density at radius 1 is 1.64 bits per heavy atom. The molecule has 0 spiro atoms. The largest absolute Gasteiger partial charge is 0.390 e. The van der Waals surface area contributed by atoms with Crippen molar-refractivity contribution in [2.24, 2.45) is 5.92 Å².